The molecular formula is C14H20N2O5S. The Morgan fingerprint density at radius 3 is 2.55 bits per heavy atom. The molecule has 0 heterocycles. The van der Waals surface area contributed by atoms with Crippen molar-refractivity contribution in [1.29, 1.82) is 0 Å². The summed E-state index contributed by atoms with van der Waals surface area (Å²) >= 11 is 0. The number of anilines is 1. The van der Waals surface area contributed by atoms with Crippen molar-refractivity contribution in [3.63, 3.8) is 0 Å². The van der Waals surface area contributed by atoms with Crippen LogP contribution in [0.25, 0.3) is 0 Å². The third kappa shape index (κ3) is 5.03. The van der Waals surface area contributed by atoms with Crippen molar-refractivity contribution < 1.29 is 22.7 Å². The molecule has 7 nitrogen and oxygen atoms in total. The fourth-order valence-electron chi connectivity index (χ4n) is 1.81. The molecule has 0 aliphatic rings. The van der Waals surface area contributed by atoms with Gasteiger partial charge in [-0.1, -0.05) is 13.0 Å². The lowest BCUT2D eigenvalue weighted by molar-refractivity contribution is -0.120. The zero-order valence-electron chi connectivity index (χ0n) is 12.8. The fourth-order valence-corrected chi connectivity index (χ4v) is 2.73. The lowest BCUT2D eigenvalue weighted by Crippen LogP contribution is -2.38. The Hall–Kier alpha value is -2.09. The molecule has 122 valence electrons. The van der Waals surface area contributed by atoms with E-state index in [0.29, 0.717) is 12.1 Å². The number of rotatable bonds is 7. The minimum Gasteiger partial charge on any atom is -0.465 e. The molecule has 8 heteroatoms. The summed E-state index contributed by atoms with van der Waals surface area (Å²) in [5, 5.41) is 2.62. The number of hydrogen-bond donors (Lipinski definition) is 1. The largest absolute Gasteiger partial charge is 0.465 e. The highest BCUT2D eigenvalue weighted by Gasteiger charge is 2.18. The van der Waals surface area contributed by atoms with E-state index in [4.69, 9.17) is 0 Å². The van der Waals surface area contributed by atoms with Crippen LogP contribution >= 0.6 is 0 Å². The van der Waals surface area contributed by atoms with Gasteiger partial charge in [-0.05, 0) is 18.2 Å². The molecule has 0 fully saturated rings. The number of carbonyl (C=O) groups excluding carboxylic acids is 2. The van der Waals surface area contributed by atoms with Gasteiger partial charge >= 0.3 is 5.97 Å². The summed E-state index contributed by atoms with van der Waals surface area (Å²) in [5.41, 5.74) is 0.599. The van der Waals surface area contributed by atoms with Gasteiger partial charge in [0, 0.05) is 13.0 Å². The van der Waals surface area contributed by atoms with Crippen molar-refractivity contribution >= 4 is 27.6 Å². The zero-order chi connectivity index (χ0) is 16.8. The Morgan fingerprint density at radius 2 is 2.00 bits per heavy atom. The van der Waals surface area contributed by atoms with E-state index >= 15 is 0 Å². The van der Waals surface area contributed by atoms with Gasteiger partial charge in [0.25, 0.3) is 0 Å². The maximum Gasteiger partial charge on any atom is 0.337 e. The van der Waals surface area contributed by atoms with Crippen molar-refractivity contribution in [2.45, 2.75) is 13.3 Å². The summed E-state index contributed by atoms with van der Waals surface area (Å²) in [6, 6.07) is 6.13. The van der Waals surface area contributed by atoms with Gasteiger partial charge in [-0.15, -0.1) is 0 Å². The lowest BCUT2D eigenvalue weighted by atomic mass is 10.2. The Balaban J connectivity index is 2.98. The molecule has 22 heavy (non-hydrogen) atoms. The second-order valence-electron chi connectivity index (χ2n) is 4.58. The molecule has 1 rings (SSSR count). The van der Waals surface area contributed by atoms with E-state index in [2.05, 4.69) is 10.1 Å². The van der Waals surface area contributed by atoms with E-state index in [9.17, 15) is 18.0 Å². The molecule has 0 spiro atoms. The molecule has 0 bridgehead atoms. The first-order chi connectivity index (χ1) is 10.3. The third-order valence-corrected chi connectivity index (χ3v) is 4.11. The van der Waals surface area contributed by atoms with Gasteiger partial charge in [-0.2, -0.15) is 0 Å². The van der Waals surface area contributed by atoms with Gasteiger partial charge in [0.1, 0.15) is 0 Å². The minimum atomic E-state index is -3.54. The van der Waals surface area contributed by atoms with Crippen molar-refractivity contribution in [1.82, 2.24) is 5.32 Å². The lowest BCUT2D eigenvalue weighted by Gasteiger charge is -2.23. The first-order valence-corrected chi connectivity index (χ1v) is 8.57. The predicted octanol–water partition coefficient (Wildman–Crippen LogP) is 0.765. The molecule has 0 atom stereocenters. The Labute approximate surface area is 130 Å². The van der Waals surface area contributed by atoms with Crippen LogP contribution < -0.4 is 9.62 Å². The highest BCUT2D eigenvalue weighted by atomic mass is 32.2. The molecule has 0 saturated carbocycles. The molecule has 0 aliphatic heterocycles. The SMILES string of the molecule is CCC(=O)NCCN(c1cccc(C(=O)OC)c1)S(C)(=O)=O. The van der Waals surface area contributed by atoms with Gasteiger partial charge in [0.15, 0.2) is 0 Å². The van der Waals surface area contributed by atoms with Gasteiger partial charge in [-0.25, -0.2) is 13.2 Å². The first-order valence-electron chi connectivity index (χ1n) is 6.72. The molecule has 0 unspecified atom stereocenters. The average molecular weight is 328 g/mol. The Bertz CT molecular complexity index is 642. The van der Waals surface area contributed by atoms with Crippen LogP contribution in [-0.4, -0.2) is 46.7 Å². The predicted molar refractivity (Wildman–Crippen MR) is 83.3 cm³/mol. The van der Waals surface area contributed by atoms with Crippen molar-refractivity contribution in [3.8, 4) is 0 Å². The number of ether oxygens (including phenoxy) is 1. The zero-order valence-corrected chi connectivity index (χ0v) is 13.6. The molecule has 0 aromatic heterocycles. The van der Waals surface area contributed by atoms with Crippen LogP contribution in [0.2, 0.25) is 0 Å². The van der Waals surface area contributed by atoms with E-state index in [1.807, 2.05) is 0 Å². The second kappa shape index (κ2) is 7.79. The smallest absolute Gasteiger partial charge is 0.337 e. The minimum absolute atomic E-state index is 0.0786. The summed E-state index contributed by atoms with van der Waals surface area (Å²) < 4.78 is 29.6. The van der Waals surface area contributed by atoms with Crippen molar-refractivity contribution in [2.24, 2.45) is 0 Å². The third-order valence-electron chi connectivity index (χ3n) is 2.91. The van der Waals surface area contributed by atoms with Crippen LogP contribution in [0, 0.1) is 0 Å². The van der Waals surface area contributed by atoms with Crippen LogP contribution in [0.5, 0.6) is 0 Å². The molecule has 0 saturated heterocycles. The average Bonchev–Trinajstić information content (AvgIpc) is 2.49. The number of nitrogens with one attached hydrogen (secondary N) is 1. The summed E-state index contributed by atoms with van der Waals surface area (Å²) in [6.07, 6.45) is 1.40. The van der Waals surface area contributed by atoms with Crippen LogP contribution in [0.3, 0.4) is 0 Å². The maximum absolute atomic E-state index is 11.9. The summed E-state index contributed by atoms with van der Waals surface area (Å²) in [6.45, 7) is 1.97. The molecule has 1 aromatic rings. The van der Waals surface area contributed by atoms with Crippen LogP contribution in [0.1, 0.15) is 23.7 Å². The molecular weight excluding hydrogens is 308 g/mol. The molecule has 0 radical (unpaired) electrons. The summed E-state index contributed by atoms with van der Waals surface area (Å²) in [4.78, 5) is 22.8. The summed E-state index contributed by atoms with van der Waals surface area (Å²) in [5.74, 6) is -0.702. The standard InChI is InChI=1S/C14H20N2O5S/c1-4-13(17)15-8-9-16(22(3,19)20)12-7-5-6-11(10-12)14(18)21-2/h5-7,10H,4,8-9H2,1-3H3,(H,15,17). The van der Waals surface area contributed by atoms with E-state index in [-0.39, 0.29) is 24.6 Å². The van der Waals surface area contributed by atoms with Crippen LogP contribution in [0.15, 0.2) is 24.3 Å². The molecule has 0 aliphatic carbocycles. The van der Waals surface area contributed by atoms with E-state index < -0.39 is 16.0 Å². The van der Waals surface area contributed by atoms with E-state index in [0.717, 1.165) is 10.6 Å². The quantitative estimate of drug-likeness (QED) is 0.746. The van der Waals surface area contributed by atoms with Gasteiger partial charge in [0.05, 0.1) is 31.2 Å². The highest BCUT2D eigenvalue weighted by molar-refractivity contribution is 7.92. The number of nitrogens with zero attached hydrogens (tertiary/aromatic N) is 1. The number of esters is 1. The van der Waals surface area contributed by atoms with Crippen molar-refractivity contribution in [3.05, 3.63) is 29.8 Å². The van der Waals surface area contributed by atoms with Crippen LogP contribution in [0.4, 0.5) is 5.69 Å². The monoisotopic (exact) mass is 328 g/mol. The van der Waals surface area contributed by atoms with Crippen molar-refractivity contribution in [2.75, 3.05) is 30.8 Å². The topological polar surface area (TPSA) is 92.8 Å². The molecule has 1 N–H and O–H groups in total. The Morgan fingerprint density at radius 1 is 1.32 bits per heavy atom. The highest BCUT2D eigenvalue weighted by Crippen LogP contribution is 2.19. The normalized spacial score (nSPS) is 10.9. The first kappa shape index (κ1) is 18.0. The molecule has 1 amide bonds. The van der Waals surface area contributed by atoms with Gasteiger partial charge in [0.2, 0.25) is 15.9 Å². The number of amides is 1. The summed E-state index contributed by atoms with van der Waals surface area (Å²) in [7, 11) is -2.29. The van der Waals surface area contributed by atoms with E-state index in [1.165, 1.54) is 19.2 Å². The number of methoxy groups -OCH3 is 1. The number of benzene rings is 1. The molecule has 1 aromatic carbocycles. The number of sulfonamides is 1. The second-order valence-corrected chi connectivity index (χ2v) is 6.49. The van der Waals surface area contributed by atoms with Gasteiger partial charge in [-0.3, -0.25) is 9.10 Å². The number of carbonyl (C=O) groups is 2. The fraction of sp³-hybridized carbons (Fsp3) is 0.429. The Kier molecular flexibility index (Phi) is 6.36. The maximum atomic E-state index is 11.9. The number of hydrogen-bond acceptors (Lipinski definition) is 5. The van der Waals surface area contributed by atoms with Crippen LogP contribution in [-0.2, 0) is 19.6 Å². The van der Waals surface area contributed by atoms with E-state index in [1.54, 1.807) is 19.1 Å². The van der Waals surface area contributed by atoms with Gasteiger partial charge < -0.3 is 10.1 Å².